The van der Waals surface area contributed by atoms with E-state index in [1.807, 2.05) is 0 Å². The lowest BCUT2D eigenvalue weighted by atomic mass is 9.91. The fourth-order valence-electron chi connectivity index (χ4n) is 1.10. The molecule has 1 atom stereocenters. The molecule has 5 heteroatoms. The van der Waals surface area contributed by atoms with Crippen LogP contribution >= 0.6 is 0 Å². The van der Waals surface area contributed by atoms with Crippen LogP contribution in [0.4, 0.5) is 13.2 Å². The quantitative estimate of drug-likeness (QED) is 0.770. The zero-order chi connectivity index (χ0) is 11.8. The molecule has 0 amide bonds. The van der Waals surface area contributed by atoms with E-state index in [2.05, 4.69) is 0 Å². The van der Waals surface area contributed by atoms with Gasteiger partial charge in [0.25, 0.3) is 0 Å². The van der Waals surface area contributed by atoms with E-state index in [0.717, 1.165) is 13.8 Å². The molecular formula is C10H9F3O2. The van der Waals surface area contributed by atoms with Crippen LogP contribution in [0.1, 0.15) is 19.4 Å². The van der Waals surface area contributed by atoms with Crippen LogP contribution in [0, 0.1) is 17.5 Å². The first kappa shape index (κ1) is 11.7. The van der Waals surface area contributed by atoms with Crippen LogP contribution in [-0.2, 0) is 10.4 Å². The number of hydrogen-bond donors (Lipinski definition) is 1. The van der Waals surface area contributed by atoms with Crippen LogP contribution in [0.25, 0.3) is 0 Å². The monoisotopic (exact) mass is 218 g/mol. The maximum Gasteiger partial charge on any atom is 0.165 e. The molecule has 1 rings (SSSR count). The summed E-state index contributed by atoms with van der Waals surface area (Å²) < 4.78 is 38.8. The molecule has 82 valence electrons. The molecule has 2 nitrogen and oxygen atoms in total. The number of hydrogen-bond acceptors (Lipinski definition) is 2. The highest BCUT2D eigenvalue weighted by molar-refractivity contribution is 5.85. The first-order valence-corrected chi connectivity index (χ1v) is 4.15. The number of benzene rings is 1. The SMILES string of the molecule is CC(=O)C(C)(O)c1cc(F)cc(F)c1F. The summed E-state index contributed by atoms with van der Waals surface area (Å²) >= 11 is 0. The summed E-state index contributed by atoms with van der Waals surface area (Å²) in [5, 5.41) is 9.57. The summed E-state index contributed by atoms with van der Waals surface area (Å²) in [7, 11) is 0. The minimum atomic E-state index is -2.23. The number of carbonyl (C=O) groups is 1. The van der Waals surface area contributed by atoms with Gasteiger partial charge in [-0.3, -0.25) is 4.79 Å². The van der Waals surface area contributed by atoms with Crippen LogP contribution in [0.15, 0.2) is 12.1 Å². The molecule has 0 bridgehead atoms. The van der Waals surface area contributed by atoms with Gasteiger partial charge in [0.15, 0.2) is 17.4 Å². The van der Waals surface area contributed by atoms with Crippen molar-refractivity contribution in [2.45, 2.75) is 19.4 Å². The Hall–Kier alpha value is -1.36. The number of rotatable bonds is 2. The van der Waals surface area contributed by atoms with Crippen molar-refractivity contribution in [3.8, 4) is 0 Å². The van der Waals surface area contributed by atoms with Crippen molar-refractivity contribution in [3.63, 3.8) is 0 Å². The van der Waals surface area contributed by atoms with Crippen molar-refractivity contribution in [3.05, 3.63) is 35.1 Å². The van der Waals surface area contributed by atoms with Crippen molar-refractivity contribution in [2.24, 2.45) is 0 Å². The fraction of sp³-hybridized carbons (Fsp3) is 0.300. The fourth-order valence-corrected chi connectivity index (χ4v) is 1.10. The summed E-state index contributed by atoms with van der Waals surface area (Å²) in [4.78, 5) is 11.0. The predicted molar refractivity (Wildman–Crippen MR) is 46.6 cm³/mol. The Bertz CT molecular complexity index is 413. The molecule has 0 aliphatic carbocycles. The number of Topliss-reactive ketones (excluding diaryl/α,β-unsaturated/α-hetero) is 1. The molecule has 0 heterocycles. The molecule has 0 aliphatic rings. The van der Waals surface area contributed by atoms with Gasteiger partial charge in [0.1, 0.15) is 11.4 Å². The van der Waals surface area contributed by atoms with E-state index in [9.17, 15) is 23.1 Å². The lowest BCUT2D eigenvalue weighted by molar-refractivity contribution is -0.134. The summed E-state index contributed by atoms with van der Waals surface area (Å²) in [5.74, 6) is -4.71. The molecular weight excluding hydrogens is 209 g/mol. The second-order valence-electron chi connectivity index (χ2n) is 3.38. The first-order chi connectivity index (χ1) is 6.76. The zero-order valence-electron chi connectivity index (χ0n) is 8.14. The highest BCUT2D eigenvalue weighted by Crippen LogP contribution is 2.26. The maximum absolute atomic E-state index is 13.2. The van der Waals surface area contributed by atoms with Gasteiger partial charge in [-0.2, -0.15) is 0 Å². The minimum Gasteiger partial charge on any atom is -0.377 e. The molecule has 1 aromatic carbocycles. The van der Waals surface area contributed by atoms with Crippen LogP contribution in [0.2, 0.25) is 0 Å². The molecule has 0 spiro atoms. The molecule has 0 radical (unpaired) electrons. The standard InChI is InChI=1S/C10H9F3O2/c1-5(14)10(2,15)7-3-6(11)4-8(12)9(7)13/h3-4,15H,1-2H3. The normalized spacial score (nSPS) is 14.8. The Kier molecular flexibility index (Phi) is 2.86. The average Bonchev–Trinajstić information content (AvgIpc) is 2.10. The Labute approximate surface area is 84.3 Å². The smallest absolute Gasteiger partial charge is 0.165 e. The van der Waals surface area contributed by atoms with Crippen molar-refractivity contribution in [2.75, 3.05) is 0 Å². The number of aliphatic hydroxyl groups is 1. The van der Waals surface area contributed by atoms with Gasteiger partial charge in [-0.1, -0.05) is 0 Å². The summed E-state index contributed by atoms with van der Waals surface area (Å²) in [5.41, 5.74) is -2.93. The third-order valence-corrected chi connectivity index (χ3v) is 2.20. The third-order valence-electron chi connectivity index (χ3n) is 2.20. The van der Waals surface area contributed by atoms with Gasteiger partial charge in [-0.05, 0) is 19.9 Å². The molecule has 0 fully saturated rings. The molecule has 1 unspecified atom stereocenters. The van der Waals surface area contributed by atoms with E-state index in [-0.39, 0.29) is 0 Å². The lowest BCUT2D eigenvalue weighted by Crippen LogP contribution is -2.31. The third kappa shape index (κ3) is 2.02. The Morgan fingerprint density at radius 2 is 1.87 bits per heavy atom. The summed E-state index contributed by atoms with van der Waals surface area (Å²) in [6, 6.07) is 0.939. The lowest BCUT2D eigenvalue weighted by Gasteiger charge is -2.21. The van der Waals surface area contributed by atoms with E-state index in [1.165, 1.54) is 0 Å². The molecule has 0 aliphatic heterocycles. The molecule has 0 saturated heterocycles. The molecule has 0 saturated carbocycles. The van der Waals surface area contributed by atoms with Crippen molar-refractivity contribution in [1.82, 2.24) is 0 Å². The van der Waals surface area contributed by atoms with Gasteiger partial charge in [-0.25, -0.2) is 13.2 Å². The van der Waals surface area contributed by atoms with Gasteiger partial charge >= 0.3 is 0 Å². The largest absolute Gasteiger partial charge is 0.377 e. The van der Waals surface area contributed by atoms with Crippen molar-refractivity contribution >= 4 is 5.78 Å². The average molecular weight is 218 g/mol. The Morgan fingerprint density at radius 1 is 1.33 bits per heavy atom. The van der Waals surface area contributed by atoms with Gasteiger partial charge in [0, 0.05) is 11.6 Å². The Balaban J connectivity index is 3.43. The van der Waals surface area contributed by atoms with E-state index < -0.39 is 34.4 Å². The van der Waals surface area contributed by atoms with E-state index in [1.54, 1.807) is 0 Å². The topological polar surface area (TPSA) is 37.3 Å². The number of ketones is 1. The van der Waals surface area contributed by atoms with Crippen LogP contribution < -0.4 is 0 Å². The van der Waals surface area contributed by atoms with Gasteiger partial charge in [0.2, 0.25) is 0 Å². The number of halogens is 3. The van der Waals surface area contributed by atoms with Gasteiger partial charge in [0.05, 0.1) is 0 Å². The maximum atomic E-state index is 13.2. The van der Waals surface area contributed by atoms with Gasteiger partial charge < -0.3 is 5.11 Å². The molecule has 1 aromatic rings. The van der Waals surface area contributed by atoms with Crippen molar-refractivity contribution < 1.29 is 23.1 Å². The first-order valence-electron chi connectivity index (χ1n) is 4.15. The van der Waals surface area contributed by atoms with E-state index >= 15 is 0 Å². The highest BCUT2D eigenvalue weighted by atomic mass is 19.2. The highest BCUT2D eigenvalue weighted by Gasteiger charge is 2.33. The predicted octanol–water partition coefficient (Wildman–Crippen LogP) is 1.90. The Morgan fingerprint density at radius 3 is 2.33 bits per heavy atom. The molecule has 1 N–H and O–H groups in total. The summed E-state index contributed by atoms with van der Waals surface area (Å²) in [6.45, 7) is 1.98. The molecule has 15 heavy (non-hydrogen) atoms. The van der Waals surface area contributed by atoms with E-state index in [0.29, 0.717) is 12.1 Å². The number of carbonyl (C=O) groups excluding carboxylic acids is 1. The van der Waals surface area contributed by atoms with E-state index in [4.69, 9.17) is 0 Å². The van der Waals surface area contributed by atoms with Crippen LogP contribution in [0.5, 0.6) is 0 Å². The van der Waals surface area contributed by atoms with Crippen LogP contribution in [0.3, 0.4) is 0 Å². The minimum absolute atomic E-state index is 0.342. The van der Waals surface area contributed by atoms with Crippen LogP contribution in [-0.4, -0.2) is 10.9 Å². The summed E-state index contributed by atoms with van der Waals surface area (Å²) in [6.07, 6.45) is 0. The second-order valence-corrected chi connectivity index (χ2v) is 3.38. The van der Waals surface area contributed by atoms with Gasteiger partial charge in [-0.15, -0.1) is 0 Å². The zero-order valence-corrected chi connectivity index (χ0v) is 8.14. The molecule has 0 aromatic heterocycles. The second kappa shape index (κ2) is 3.66. The van der Waals surface area contributed by atoms with Crippen molar-refractivity contribution in [1.29, 1.82) is 0 Å².